The molecular formula is C41H41N11O5S. The first-order valence-corrected chi connectivity index (χ1v) is 20.3. The molecule has 17 heteroatoms. The van der Waals surface area contributed by atoms with Crippen molar-refractivity contribution in [3.63, 3.8) is 0 Å². The Morgan fingerprint density at radius 3 is 2.55 bits per heavy atom. The summed E-state index contributed by atoms with van der Waals surface area (Å²) in [5, 5.41) is 36.5. The number of nitrogens with one attached hydrogen (secondary N) is 4. The van der Waals surface area contributed by atoms with Gasteiger partial charge in [-0.15, -0.1) is 10.2 Å². The highest BCUT2D eigenvalue weighted by Crippen LogP contribution is 2.39. The second kappa shape index (κ2) is 16.5. The Morgan fingerprint density at radius 2 is 1.76 bits per heavy atom. The van der Waals surface area contributed by atoms with Crippen LogP contribution in [0.15, 0.2) is 54.9 Å². The van der Waals surface area contributed by atoms with Gasteiger partial charge in [-0.3, -0.25) is 39.2 Å². The number of imide groups is 2. The summed E-state index contributed by atoms with van der Waals surface area (Å²) in [5.74, 6) is -1.77. The maximum atomic E-state index is 13.1. The molecule has 4 aromatic heterocycles. The summed E-state index contributed by atoms with van der Waals surface area (Å²) >= 11 is 1.58. The monoisotopic (exact) mass is 799 g/mol. The van der Waals surface area contributed by atoms with E-state index in [4.69, 9.17) is 4.98 Å². The minimum absolute atomic E-state index is 0.0587. The molecule has 2 fully saturated rings. The van der Waals surface area contributed by atoms with E-state index in [9.17, 15) is 29.2 Å². The molecule has 4 N–H and O–H groups in total. The first-order valence-electron chi connectivity index (χ1n) is 19.5. The largest absolute Gasteiger partial charge is 0.387 e. The van der Waals surface area contributed by atoms with E-state index >= 15 is 0 Å². The van der Waals surface area contributed by atoms with Gasteiger partial charge in [-0.1, -0.05) is 17.8 Å². The van der Waals surface area contributed by atoms with Gasteiger partial charge >= 0.3 is 0 Å². The van der Waals surface area contributed by atoms with Crippen molar-refractivity contribution in [2.75, 3.05) is 24.2 Å². The van der Waals surface area contributed by atoms with E-state index in [0.29, 0.717) is 24.2 Å². The molecule has 6 heterocycles. The number of piperidine rings is 1. The van der Waals surface area contributed by atoms with Crippen LogP contribution in [0.5, 0.6) is 0 Å². The van der Waals surface area contributed by atoms with Crippen molar-refractivity contribution in [1.29, 1.82) is 5.26 Å². The molecule has 1 unspecified atom stereocenters. The number of benzene rings is 1. The van der Waals surface area contributed by atoms with E-state index in [1.54, 1.807) is 46.3 Å². The fraction of sp³-hybridized carbons (Fsp3) is 0.366. The number of fused-ring (bicyclic) bond motifs is 2. The quantitative estimate of drug-likeness (QED) is 0.0910. The van der Waals surface area contributed by atoms with Gasteiger partial charge in [0, 0.05) is 56.0 Å². The molecule has 58 heavy (non-hydrogen) atoms. The topological polar surface area (TPSA) is 216 Å². The van der Waals surface area contributed by atoms with Gasteiger partial charge in [-0.2, -0.15) is 10.4 Å². The van der Waals surface area contributed by atoms with E-state index in [1.807, 2.05) is 25.2 Å². The van der Waals surface area contributed by atoms with Crippen LogP contribution in [0.1, 0.15) is 101 Å². The van der Waals surface area contributed by atoms with E-state index < -0.39 is 29.7 Å². The average molecular weight is 800 g/mol. The smallest absolute Gasteiger partial charge is 0.262 e. The number of amides is 5. The number of hydrogen-bond donors (Lipinski definition) is 4. The van der Waals surface area contributed by atoms with Crippen LogP contribution in [0, 0.1) is 11.3 Å². The fourth-order valence-corrected chi connectivity index (χ4v) is 8.96. The van der Waals surface area contributed by atoms with Crippen molar-refractivity contribution in [1.82, 2.24) is 40.3 Å². The number of aromatic nitrogens is 5. The molecule has 1 saturated heterocycles. The molecule has 16 nitrogen and oxygen atoms in total. The summed E-state index contributed by atoms with van der Waals surface area (Å²) in [6.07, 6.45) is 9.98. The third-order valence-electron chi connectivity index (χ3n) is 11.0. The second-order valence-electron chi connectivity index (χ2n) is 14.8. The average Bonchev–Trinajstić information content (AvgIpc) is 3.96. The Labute approximate surface area is 337 Å². The van der Waals surface area contributed by atoms with Crippen molar-refractivity contribution in [3.8, 4) is 28.0 Å². The van der Waals surface area contributed by atoms with Crippen molar-refractivity contribution in [2.24, 2.45) is 0 Å². The maximum Gasteiger partial charge on any atom is 0.262 e. The molecule has 5 aromatic rings. The van der Waals surface area contributed by atoms with Crippen LogP contribution in [0.3, 0.4) is 0 Å². The van der Waals surface area contributed by atoms with E-state index in [0.717, 1.165) is 88.0 Å². The molecule has 3 aliphatic rings. The highest BCUT2D eigenvalue weighted by atomic mass is 32.1. The number of anilines is 2. The minimum Gasteiger partial charge on any atom is -0.387 e. The SMILES string of the molecule is CNc1cc(-c2ccc3cc(C#N)cnn23)ncc1-c1nnc(C2CCC(NC(=O)CCCCCNc3ccc4c(c3)C(=O)N(C3CCC(=O)NC3=O)C4=O)CC2)s1. The number of carbonyl (C=O) groups is 5. The number of nitriles is 1. The molecule has 5 amide bonds. The lowest BCUT2D eigenvalue weighted by molar-refractivity contribution is -0.136. The number of unbranched alkanes of at least 4 members (excludes halogenated alkanes) is 2. The number of nitrogens with zero attached hydrogens (tertiary/aromatic N) is 7. The van der Waals surface area contributed by atoms with Crippen molar-refractivity contribution < 1.29 is 24.0 Å². The predicted molar refractivity (Wildman–Crippen MR) is 215 cm³/mol. The van der Waals surface area contributed by atoms with Crippen molar-refractivity contribution in [3.05, 3.63) is 76.6 Å². The van der Waals surface area contributed by atoms with E-state index in [2.05, 4.69) is 42.6 Å². The summed E-state index contributed by atoms with van der Waals surface area (Å²) in [5.41, 5.74) is 5.77. The predicted octanol–water partition coefficient (Wildman–Crippen LogP) is 5.04. The lowest BCUT2D eigenvalue weighted by atomic mass is 9.86. The lowest BCUT2D eigenvalue weighted by Crippen LogP contribution is -2.54. The highest BCUT2D eigenvalue weighted by molar-refractivity contribution is 7.14. The van der Waals surface area contributed by atoms with Gasteiger partial charge in [-0.05, 0) is 87.4 Å². The zero-order valence-electron chi connectivity index (χ0n) is 31.8. The zero-order chi connectivity index (χ0) is 40.3. The number of hydrogen-bond acceptors (Lipinski definition) is 13. The molecule has 1 aliphatic carbocycles. The molecule has 0 radical (unpaired) electrons. The number of carbonyl (C=O) groups excluding carboxylic acids is 5. The van der Waals surface area contributed by atoms with Crippen LogP contribution >= 0.6 is 11.3 Å². The van der Waals surface area contributed by atoms with Gasteiger partial charge in [0.05, 0.1) is 45.4 Å². The Balaban J connectivity index is 0.758. The van der Waals surface area contributed by atoms with Crippen LogP contribution in [0.25, 0.3) is 27.5 Å². The summed E-state index contributed by atoms with van der Waals surface area (Å²) < 4.78 is 1.77. The highest BCUT2D eigenvalue weighted by Gasteiger charge is 2.44. The van der Waals surface area contributed by atoms with Gasteiger partial charge in [0.2, 0.25) is 17.7 Å². The van der Waals surface area contributed by atoms with Gasteiger partial charge in [0.15, 0.2) is 5.01 Å². The van der Waals surface area contributed by atoms with Crippen LogP contribution < -0.4 is 21.3 Å². The number of rotatable bonds is 13. The first kappa shape index (κ1) is 38.3. The summed E-state index contributed by atoms with van der Waals surface area (Å²) in [6, 6.07) is 13.8. The van der Waals surface area contributed by atoms with Crippen LogP contribution in [0.4, 0.5) is 11.4 Å². The van der Waals surface area contributed by atoms with Crippen LogP contribution in [0.2, 0.25) is 0 Å². The van der Waals surface area contributed by atoms with Crippen molar-refractivity contribution >= 4 is 57.8 Å². The van der Waals surface area contributed by atoms with Crippen LogP contribution in [-0.2, 0) is 14.4 Å². The summed E-state index contributed by atoms with van der Waals surface area (Å²) in [6.45, 7) is 0.628. The maximum absolute atomic E-state index is 13.1. The molecule has 2 aliphatic heterocycles. The zero-order valence-corrected chi connectivity index (χ0v) is 32.6. The Kier molecular flexibility index (Phi) is 10.9. The molecule has 1 saturated carbocycles. The molecular weight excluding hydrogens is 759 g/mol. The van der Waals surface area contributed by atoms with Gasteiger partial charge in [0.25, 0.3) is 11.8 Å². The lowest BCUT2D eigenvalue weighted by Gasteiger charge is -2.27. The Morgan fingerprint density at radius 1 is 0.931 bits per heavy atom. The molecule has 0 spiro atoms. The molecule has 1 atom stereocenters. The first-order chi connectivity index (χ1) is 28.2. The second-order valence-corrected chi connectivity index (χ2v) is 15.8. The molecule has 0 bridgehead atoms. The van der Waals surface area contributed by atoms with Gasteiger partial charge in [0.1, 0.15) is 17.1 Å². The summed E-state index contributed by atoms with van der Waals surface area (Å²) in [4.78, 5) is 68.4. The van der Waals surface area contributed by atoms with Gasteiger partial charge in [-0.25, -0.2) is 4.52 Å². The Bertz CT molecular complexity index is 2480. The van der Waals surface area contributed by atoms with E-state index in [-0.39, 0.29) is 41.8 Å². The third-order valence-corrected chi connectivity index (χ3v) is 12.1. The van der Waals surface area contributed by atoms with Crippen molar-refractivity contribution in [2.45, 2.75) is 82.2 Å². The molecule has 296 valence electrons. The Hall–Kier alpha value is -6.54. The third kappa shape index (κ3) is 7.75. The fourth-order valence-electron chi connectivity index (χ4n) is 7.92. The molecule has 8 rings (SSSR count). The number of pyridine rings is 1. The van der Waals surface area contributed by atoms with Crippen LogP contribution in [-0.4, -0.2) is 84.9 Å². The summed E-state index contributed by atoms with van der Waals surface area (Å²) in [7, 11) is 1.86. The normalized spacial score (nSPS) is 19.2. The molecule has 1 aromatic carbocycles. The minimum atomic E-state index is -0.995. The standard InChI is InChI=1S/C41H41N11O5S/c1-43-31-19-32(33-13-11-27-17-23(20-42)21-46-52(27)33)45-22-30(31)39-50-49-38(58-39)24-6-8-25(9-7-24)47-35(53)5-3-2-4-16-44-26-10-12-28-29(18-26)41(57)51(40(28)56)34-14-15-36(54)48-37(34)55/h10-13,17-19,21-22,24-25,34,44H,2-9,14-16H2,1H3,(H,43,45)(H,47,53)(H,48,54,55). The van der Waals surface area contributed by atoms with Gasteiger partial charge < -0.3 is 16.0 Å². The van der Waals surface area contributed by atoms with E-state index in [1.165, 1.54) is 6.20 Å².